The maximum absolute atomic E-state index is 12.7. The normalized spacial score (nSPS) is 16.5. The van der Waals surface area contributed by atoms with E-state index in [2.05, 4.69) is 10.2 Å². The highest BCUT2D eigenvalue weighted by atomic mass is 32.2. The molecule has 1 fully saturated rings. The summed E-state index contributed by atoms with van der Waals surface area (Å²) < 4.78 is 12.7. The monoisotopic (exact) mass is 315 g/mol. The second-order valence-corrected chi connectivity index (χ2v) is 6.99. The zero-order valence-electron chi connectivity index (χ0n) is 12.7. The van der Waals surface area contributed by atoms with Gasteiger partial charge in [0.15, 0.2) is 0 Å². The minimum Gasteiger partial charge on any atom is -0.398 e. The second kappa shape index (κ2) is 6.50. The lowest BCUT2D eigenvalue weighted by molar-refractivity contribution is 0.589. The molecular weight excluding hydrogens is 294 g/mol. The zero-order valence-corrected chi connectivity index (χ0v) is 13.5. The number of nitrogen functional groups attached to an aromatic ring is 1. The van der Waals surface area contributed by atoms with E-state index in [-0.39, 0.29) is 0 Å². The molecule has 1 unspecified atom stereocenters. The third kappa shape index (κ3) is 3.15. The van der Waals surface area contributed by atoms with Gasteiger partial charge in [-0.05, 0) is 37.3 Å². The molecule has 1 aliphatic heterocycles. The lowest BCUT2D eigenvalue weighted by atomic mass is 10.2. The van der Waals surface area contributed by atoms with Crippen LogP contribution in [0.15, 0.2) is 52.3 Å². The van der Waals surface area contributed by atoms with Gasteiger partial charge in [-0.3, -0.25) is 0 Å². The lowest BCUT2D eigenvalue weighted by Crippen LogP contribution is -2.43. The van der Waals surface area contributed by atoms with Crippen molar-refractivity contribution in [1.29, 1.82) is 0 Å². The molecule has 0 spiro atoms. The van der Waals surface area contributed by atoms with Crippen molar-refractivity contribution in [2.24, 2.45) is 0 Å². The molecule has 0 aliphatic carbocycles. The van der Waals surface area contributed by atoms with Gasteiger partial charge >= 0.3 is 0 Å². The molecule has 0 amide bonds. The quantitative estimate of drug-likeness (QED) is 0.852. The van der Waals surface area contributed by atoms with Gasteiger partial charge in [0.2, 0.25) is 0 Å². The third-order valence-electron chi connectivity index (χ3n) is 3.91. The van der Waals surface area contributed by atoms with Crippen LogP contribution in [0.5, 0.6) is 0 Å². The number of nitrogens with two attached hydrogens (primary N) is 1. The minimum atomic E-state index is -1.24. The summed E-state index contributed by atoms with van der Waals surface area (Å²) in [6.07, 6.45) is 0. The van der Waals surface area contributed by atoms with Gasteiger partial charge in [-0.15, -0.1) is 0 Å². The molecule has 2 aromatic rings. The Hall–Kier alpha value is -1.85. The number of aryl methyl sites for hydroxylation is 1. The van der Waals surface area contributed by atoms with Gasteiger partial charge in [0.05, 0.1) is 21.4 Å². The largest absolute Gasteiger partial charge is 0.398 e. The average Bonchev–Trinajstić information content (AvgIpc) is 2.56. The van der Waals surface area contributed by atoms with Crippen LogP contribution in [0.4, 0.5) is 11.4 Å². The van der Waals surface area contributed by atoms with Crippen LogP contribution in [-0.2, 0) is 10.8 Å². The van der Waals surface area contributed by atoms with E-state index >= 15 is 0 Å². The van der Waals surface area contributed by atoms with Gasteiger partial charge in [-0.25, -0.2) is 4.21 Å². The Labute approximate surface area is 133 Å². The van der Waals surface area contributed by atoms with E-state index in [9.17, 15) is 4.21 Å². The maximum atomic E-state index is 12.7. The molecule has 2 aromatic carbocycles. The topological polar surface area (TPSA) is 58.4 Å². The Morgan fingerprint density at radius 2 is 1.77 bits per heavy atom. The molecule has 1 atom stereocenters. The summed E-state index contributed by atoms with van der Waals surface area (Å²) in [5.41, 5.74) is 9.01. The Morgan fingerprint density at radius 3 is 2.41 bits per heavy atom. The number of piperazine rings is 1. The molecule has 3 N–H and O–H groups in total. The van der Waals surface area contributed by atoms with Gasteiger partial charge in [0.25, 0.3) is 0 Å². The van der Waals surface area contributed by atoms with Crippen LogP contribution >= 0.6 is 0 Å². The molecule has 0 radical (unpaired) electrons. The van der Waals surface area contributed by atoms with Gasteiger partial charge in [0, 0.05) is 36.8 Å². The van der Waals surface area contributed by atoms with E-state index in [1.54, 1.807) is 0 Å². The first-order chi connectivity index (χ1) is 10.6. The predicted molar refractivity (Wildman–Crippen MR) is 91.8 cm³/mol. The van der Waals surface area contributed by atoms with Crippen molar-refractivity contribution < 1.29 is 4.21 Å². The summed E-state index contributed by atoms with van der Waals surface area (Å²) in [6.45, 7) is 5.93. The first-order valence-corrected chi connectivity index (χ1v) is 8.64. The van der Waals surface area contributed by atoms with Crippen LogP contribution in [-0.4, -0.2) is 30.4 Å². The van der Waals surface area contributed by atoms with Gasteiger partial charge in [-0.2, -0.15) is 0 Å². The summed E-state index contributed by atoms with van der Waals surface area (Å²) in [4.78, 5) is 3.76. The van der Waals surface area contributed by atoms with E-state index in [1.165, 1.54) is 0 Å². The van der Waals surface area contributed by atoms with Crippen molar-refractivity contribution in [3.8, 4) is 0 Å². The molecule has 0 saturated carbocycles. The highest BCUT2D eigenvalue weighted by Crippen LogP contribution is 2.27. The van der Waals surface area contributed by atoms with E-state index in [4.69, 9.17) is 5.73 Å². The molecule has 1 heterocycles. The van der Waals surface area contributed by atoms with Crippen molar-refractivity contribution in [2.45, 2.75) is 16.7 Å². The van der Waals surface area contributed by atoms with Crippen LogP contribution in [0.1, 0.15) is 5.56 Å². The van der Waals surface area contributed by atoms with Crippen LogP contribution in [0.25, 0.3) is 0 Å². The molecule has 22 heavy (non-hydrogen) atoms. The first kappa shape index (κ1) is 15.1. The molecule has 4 nitrogen and oxygen atoms in total. The summed E-state index contributed by atoms with van der Waals surface area (Å²) in [6, 6.07) is 13.6. The summed E-state index contributed by atoms with van der Waals surface area (Å²) in [5.74, 6) is 0. The number of nitrogens with one attached hydrogen (secondary N) is 1. The predicted octanol–water partition coefficient (Wildman–Crippen LogP) is 2.15. The SMILES string of the molecule is Cc1ccc(S(=O)c2ccc(N3CCNCC3)cc2N)cc1. The number of anilines is 2. The second-order valence-electron chi connectivity index (χ2n) is 5.54. The van der Waals surface area contributed by atoms with Crippen molar-refractivity contribution in [3.63, 3.8) is 0 Å². The highest BCUT2D eigenvalue weighted by molar-refractivity contribution is 7.85. The van der Waals surface area contributed by atoms with Crippen molar-refractivity contribution in [2.75, 3.05) is 36.8 Å². The van der Waals surface area contributed by atoms with Gasteiger partial charge < -0.3 is 16.0 Å². The van der Waals surface area contributed by atoms with E-state index in [0.717, 1.165) is 42.3 Å². The fraction of sp³-hybridized carbons (Fsp3) is 0.294. The Balaban J connectivity index is 1.85. The highest BCUT2D eigenvalue weighted by Gasteiger charge is 2.15. The smallest absolute Gasteiger partial charge is 0.0870 e. The summed E-state index contributed by atoms with van der Waals surface area (Å²) in [5, 5.41) is 3.33. The lowest BCUT2D eigenvalue weighted by Gasteiger charge is -2.29. The van der Waals surface area contributed by atoms with E-state index in [0.29, 0.717) is 10.6 Å². The third-order valence-corrected chi connectivity index (χ3v) is 5.38. The van der Waals surface area contributed by atoms with Crippen LogP contribution in [0, 0.1) is 6.92 Å². The molecule has 0 aromatic heterocycles. The maximum Gasteiger partial charge on any atom is 0.0870 e. The fourth-order valence-electron chi connectivity index (χ4n) is 2.61. The molecule has 3 rings (SSSR count). The molecule has 116 valence electrons. The number of hydrogen-bond donors (Lipinski definition) is 2. The number of rotatable bonds is 3. The standard InChI is InChI=1S/C17H21N3OS/c1-13-2-5-15(6-3-13)22(21)17-7-4-14(12-16(17)18)20-10-8-19-9-11-20/h2-7,12,19H,8-11,18H2,1H3. The van der Waals surface area contributed by atoms with E-state index < -0.39 is 10.8 Å². The number of benzene rings is 2. The summed E-state index contributed by atoms with van der Waals surface area (Å²) in [7, 11) is -1.24. The number of hydrogen-bond acceptors (Lipinski definition) is 4. The molecular formula is C17H21N3OS. The van der Waals surface area contributed by atoms with Crippen LogP contribution in [0.3, 0.4) is 0 Å². The zero-order chi connectivity index (χ0) is 15.5. The molecule has 1 saturated heterocycles. The number of nitrogens with zero attached hydrogens (tertiary/aromatic N) is 1. The van der Waals surface area contributed by atoms with Crippen LogP contribution < -0.4 is 16.0 Å². The van der Waals surface area contributed by atoms with Crippen LogP contribution in [0.2, 0.25) is 0 Å². The molecule has 1 aliphatic rings. The summed E-state index contributed by atoms with van der Waals surface area (Å²) >= 11 is 0. The van der Waals surface area contributed by atoms with E-state index in [1.807, 2.05) is 49.4 Å². The average molecular weight is 315 g/mol. The van der Waals surface area contributed by atoms with Crippen molar-refractivity contribution in [1.82, 2.24) is 5.32 Å². The minimum absolute atomic E-state index is 0.593. The molecule has 0 bridgehead atoms. The van der Waals surface area contributed by atoms with Crippen molar-refractivity contribution >= 4 is 22.2 Å². The van der Waals surface area contributed by atoms with Gasteiger partial charge in [-0.1, -0.05) is 17.7 Å². The Bertz CT molecular complexity index is 679. The van der Waals surface area contributed by atoms with Crippen molar-refractivity contribution in [3.05, 3.63) is 48.0 Å². The Morgan fingerprint density at radius 1 is 1.09 bits per heavy atom. The first-order valence-electron chi connectivity index (χ1n) is 7.49. The molecule has 5 heteroatoms. The van der Waals surface area contributed by atoms with Gasteiger partial charge in [0.1, 0.15) is 0 Å². The Kier molecular flexibility index (Phi) is 4.45. The fourth-order valence-corrected chi connectivity index (χ4v) is 3.72.